The first kappa shape index (κ1) is 24.9. The summed E-state index contributed by atoms with van der Waals surface area (Å²) in [6.07, 6.45) is 2.73. The SMILES string of the molecule is Cc1cccc(OCC(=O)NCCCNC(=O)C2CC2)c1C(=O)N(C=O)C1CCC(=O)NC1=O. The van der Waals surface area contributed by atoms with Gasteiger partial charge in [-0.25, -0.2) is 0 Å². The molecule has 6 amide bonds. The van der Waals surface area contributed by atoms with Gasteiger partial charge in [0.25, 0.3) is 11.8 Å². The molecule has 1 saturated heterocycles. The first-order valence-corrected chi connectivity index (χ1v) is 11.2. The van der Waals surface area contributed by atoms with Crippen molar-refractivity contribution >= 4 is 35.9 Å². The first-order chi connectivity index (χ1) is 16.3. The summed E-state index contributed by atoms with van der Waals surface area (Å²) in [5.41, 5.74) is 0.545. The quantitative estimate of drug-likeness (QED) is 0.229. The molecular formula is C23H28N4O7. The second-order valence-electron chi connectivity index (χ2n) is 8.29. The van der Waals surface area contributed by atoms with Gasteiger partial charge in [-0.1, -0.05) is 12.1 Å². The van der Waals surface area contributed by atoms with E-state index in [-0.39, 0.29) is 49.0 Å². The molecule has 3 rings (SSSR count). The van der Waals surface area contributed by atoms with Gasteiger partial charge in [-0.2, -0.15) is 0 Å². The van der Waals surface area contributed by atoms with Gasteiger partial charge in [0, 0.05) is 25.4 Å². The Labute approximate surface area is 196 Å². The maximum Gasteiger partial charge on any atom is 0.265 e. The zero-order chi connectivity index (χ0) is 24.7. The van der Waals surface area contributed by atoms with E-state index in [1.807, 2.05) is 0 Å². The van der Waals surface area contributed by atoms with E-state index in [0.29, 0.717) is 25.1 Å². The van der Waals surface area contributed by atoms with Crippen LogP contribution in [0.25, 0.3) is 0 Å². The van der Waals surface area contributed by atoms with Crippen molar-refractivity contribution in [2.45, 2.75) is 45.1 Å². The number of rotatable bonds is 11. The van der Waals surface area contributed by atoms with E-state index in [0.717, 1.165) is 17.7 Å². The predicted molar refractivity (Wildman–Crippen MR) is 118 cm³/mol. The van der Waals surface area contributed by atoms with Crippen molar-refractivity contribution in [2.75, 3.05) is 19.7 Å². The van der Waals surface area contributed by atoms with Gasteiger partial charge in [-0.3, -0.25) is 39.0 Å². The van der Waals surface area contributed by atoms with Crippen LogP contribution in [-0.2, 0) is 24.0 Å². The Hall–Kier alpha value is -3.76. The largest absolute Gasteiger partial charge is 0.483 e. The summed E-state index contributed by atoms with van der Waals surface area (Å²) in [6.45, 7) is 2.09. The second kappa shape index (κ2) is 11.4. The molecule has 1 aliphatic carbocycles. The first-order valence-electron chi connectivity index (χ1n) is 11.2. The van der Waals surface area contributed by atoms with Gasteiger partial charge in [-0.05, 0) is 44.2 Å². The number of imide groups is 2. The third-order valence-corrected chi connectivity index (χ3v) is 5.62. The molecule has 1 unspecified atom stereocenters. The fraction of sp³-hybridized carbons (Fsp3) is 0.478. The minimum atomic E-state index is -1.11. The van der Waals surface area contributed by atoms with Gasteiger partial charge in [0.15, 0.2) is 6.61 Å². The molecule has 182 valence electrons. The summed E-state index contributed by atoms with van der Waals surface area (Å²) in [5, 5.41) is 7.62. The van der Waals surface area contributed by atoms with Crippen LogP contribution in [0.15, 0.2) is 18.2 Å². The molecule has 1 atom stereocenters. The summed E-state index contributed by atoms with van der Waals surface area (Å²) in [4.78, 5) is 72.9. The highest BCUT2D eigenvalue weighted by molar-refractivity contribution is 6.08. The number of ether oxygens (including phenoxy) is 1. The van der Waals surface area contributed by atoms with Crippen molar-refractivity contribution < 1.29 is 33.5 Å². The molecule has 3 N–H and O–H groups in total. The molecule has 0 radical (unpaired) electrons. The van der Waals surface area contributed by atoms with Crippen LogP contribution in [0.3, 0.4) is 0 Å². The van der Waals surface area contributed by atoms with Gasteiger partial charge < -0.3 is 15.4 Å². The Kier molecular flexibility index (Phi) is 8.34. The lowest BCUT2D eigenvalue weighted by Crippen LogP contribution is -2.54. The summed E-state index contributed by atoms with van der Waals surface area (Å²) in [7, 11) is 0. The standard InChI is InChI=1S/C23H28N4O7/c1-14-4-2-5-17(34-12-19(30)24-10-3-11-25-21(31)15-6-7-15)20(14)23(33)27(13-28)16-8-9-18(29)26-22(16)32/h2,4-5,13,15-16H,3,6-12H2,1H3,(H,24,30)(H,25,31)(H,26,29,32). The number of benzene rings is 1. The van der Waals surface area contributed by atoms with Crippen LogP contribution >= 0.6 is 0 Å². The number of nitrogens with zero attached hydrogens (tertiary/aromatic N) is 1. The minimum absolute atomic E-state index is 0.00951. The van der Waals surface area contributed by atoms with Crippen LogP contribution in [0.5, 0.6) is 5.75 Å². The number of hydrogen-bond acceptors (Lipinski definition) is 7. The number of nitrogens with one attached hydrogen (secondary N) is 3. The lowest BCUT2D eigenvalue weighted by molar-refractivity contribution is -0.139. The molecule has 0 aromatic heterocycles. The molecule has 11 nitrogen and oxygen atoms in total. The molecule has 0 bridgehead atoms. The van der Waals surface area contributed by atoms with Crippen LogP contribution in [-0.4, -0.2) is 66.6 Å². The van der Waals surface area contributed by atoms with Gasteiger partial charge in [0.1, 0.15) is 11.8 Å². The van der Waals surface area contributed by atoms with Crippen LogP contribution in [0, 0.1) is 12.8 Å². The molecule has 2 fully saturated rings. The van der Waals surface area contributed by atoms with Crippen molar-refractivity contribution in [1.82, 2.24) is 20.9 Å². The van der Waals surface area contributed by atoms with Gasteiger partial charge in [0.05, 0.1) is 5.56 Å². The molecule has 1 aromatic rings. The molecule has 1 heterocycles. The smallest absolute Gasteiger partial charge is 0.265 e. The van der Waals surface area contributed by atoms with Crippen LogP contribution in [0.2, 0.25) is 0 Å². The number of carbonyl (C=O) groups excluding carboxylic acids is 6. The Morgan fingerprint density at radius 1 is 1.15 bits per heavy atom. The van der Waals surface area contributed by atoms with E-state index in [2.05, 4.69) is 16.0 Å². The summed E-state index contributed by atoms with van der Waals surface area (Å²) >= 11 is 0. The zero-order valence-corrected chi connectivity index (χ0v) is 18.9. The van der Waals surface area contributed by atoms with E-state index in [1.54, 1.807) is 19.1 Å². The molecule has 1 aromatic carbocycles. The normalized spacial score (nSPS) is 17.4. The number of amides is 6. The van der Waals surface area contributed by atoms with Crippen LogP contribution in [0.4, 0.5) is 0 Å². The molecule has 0 spiro atoms. The van der Waals surface area contributed by atoms with Gasteiger partial charge >= 0.3 is 0 Å². The van der Waals surface area contributed by atoms with Crippen molar-refractivity contribution in [1.29, 1.82) is 0 Å². The zero-order valence-electron chi connectivity index (χ0n) is 18.9. The Morgan fingerprint density at radius 2 is 1.88 bits per heavy atom. The predicted octanol–water partition coefficient (Wildman–Crippen LogP) is -0.190. The highest BCUT2D eigenvalue weighted by Gasteiger charge is 2.36. The Bertz CT molecular complexity index is 990. The lowest BCUT2D eigenvalue weighted by atomic mass is 10.0. The monoisotopic (exact) mass is 472 g/mol. The minimum Gasteiger partial charge on any atom is -0.483 e. The third-order valence-electron chi connectivity index (χ3n) is 5.62. The van der Waals surface area contributed by atoms with Gasteiger partial charge in [-0.15, -0.1) is 0 Å². The molecule has 1 aliphatic heterocycles. The fourth-order valence-electron chi connectivity index (χ4n) is 3.59. The molecule has 1 saturated carbocycles. The summed E-state index contributed by atoms with van der Waals surface area (Å²) < 4.78 is 5.56. The third kappa shape index (κ3) is 6.40. The van der Waals surface area contributed by atoms with Gasteiger partial charge in [0.2, 0.25) is 24.1 Å². The summed E-state index contributed by atoms with van der Waals surface area (Å²) in [5.74, 6) is -2.07. The number of aryl methyl sites for hydroxylation is 1. The number of carbonyl (C=O) groups is 6. The highest BCUT2D eigenvalue weighted by atomic mass is 16.5. The second-order valence-corrected chi connectivity index (χ2v) is 8.29. The van der Waals surface area contributed by atoms with E-state index in [9.17, 15) is 28.8 Å². The maximum atomic E-state index is 13.2. The van der Waals surface area contributed by atoms with Crippen molar-refractivity contribution in [3.63, 3.8) is 0 Å². The van der Waals surface area contributed by atoms with Crippen LogP contribution in [0.1, 0.15) is 48.0 Å². The van der Waals surface area contributed by atoms with E-state index < -0.39 is 29.7 Å². The number of piperidine rings is 1. The van der Waals surface area contributed by atoms with Crippen molar-refractivity contribution in [3.05, 3.63) is 29.3 Å². The Morgan fingerprint density at radius 3 is 2.56 bits per heavy atom. The molecule has 2 aliphatic rings. The molecule has 34 heavy (non-hydrogen) atoms. The highest BCUT2D eigenvalue weighted by Crippen LogP contribution is 2.28. The average Bonchev–Trinajstić information content (AvgIpc) is 3.64. The van der Waals surface area contributed by atoms with E-state index in [1.165, 1.54) is 6.07 Å². The van der Waals surface area contributed by atoms with E-state index >= 15 is 0 Å². The maximum absolute atomic E-state index is 13.2. The number of hydrogen-bond donors (Lipinski definition) is 3. The average molecular weight is 472 g/mol. The summed E-state index contributed by atoms with van der Waals surface area (Å²) in [6, 6.07) is 3.66. The topological polar surface area (TPSA) is 151 Å². The van der Waals surface area contributed by atoms with Crippen molar-refractivity contribution in [2.24, 2.45) is 5.92 Å². The van der Waals surface area contributed by atoms with Crippen molar-refractivity contribution in [3.8, 4) is 5.75 Å². The molecule has 11 heteroatoms. The van der Waals surface area contributed by atoms with Crippen LogP contribution < -0.4 is 20.7 Å². The fourth-order valence-corrected chi connectivity index (χ4v) is 3.59. The lowest BCUT2D eigenvalue weighted by Gasteiger charge is -2.29. The Balaban J connectivity index is 1.55. The van der Waals surface area contributed by atoms with E-state index in [4.69, 9.17) is 4.74 Å². The molecular weight excluding hydrogens is 444 g/mol.